The molecule has 9 nitrogen and oxygen atoms in total. The Balaban J connectivity index is 1.68. The van der Waals surface area contributed by atoms with Gasteiger partial charge >= 0.3 is 6.09 Å². The minimum Gasteiger partial charge on any atom is -0.465 e. The fraction of sp³-hybridized carbons (Fsp3) is 0.412. The summed E-state index contributed by atoms with van der Waals surface area (Å²) in [6.45, 7) is 4.08. The molecule has 0 bridgehead atoms. The van der Waals surface area contributed by atoms with Gasteiger partial charge in [-0.1, -0.05) is 6.92 Å². The van der Waals surface area contributed by atoms with Gasteiger partial charge in [-0.2, -0.15) is 10.2 Å². The molecule has 1 atom stereocenters. The zero-order chi connectivity index (χ0) is 18.3. The molecule has 136 valence electrons. The molecule has 0 aromatic carbocycles. The Bertz CT molecular complexity index is 963. The largest absolute Gasteiger partial charge is 0.465 e. The molecule has 0 aliphatic carbocycles. The second kappa shape index (κ2) is 6.01. The minimum absolute atomic E-state index is 0.124. The van der Waals surface area contributed by atoms with Gasteiger partial charge in [-0.05, 0) is 12.5 Å². The molecule has 1 aliphatic heterocycles. The highest BCUT2D eigenvalue weighted by Crippen LogP contribution is 2.34. The van der Waals surface area contributed by atoms with Crippen LogP contribution in [0.25, 0.3) is 16.8 Å². The monoisotopic (exact) mass is 355 g/mol. The van der Waals surface area contributed by atoms with Crippen molar-refractivity contribution in [3.63, 3.8) is 0 Å². The van der Waals surface area contributed by atoms with Gasteiger partial charge in [-0.3, -0.25) is 4.68 Å². The number of nitrogens with one attached hydrogen (secondary N) is 1. The van der Waals surface area contributed by atoms with Crippen molar-refractivity contribution in [2.45, 2.75) is 13.3 Å². The third-order valence-corrected chi connectivity index (χ3v) is 4.89. The molecule has 4 rings (SSSR count). The average Bonchev–Trinajstić information content (AvgIpc) is 3.32. The summed E-state index contributed by atoms with van der Waals surface area (Å²) in [4.78, 5) is 17.9. The number of hydrogen-bond acceptors (Lipinski definition) is 5. The van der Waals surface area contributed by atoms with E-state index in [1.54, 1.807) is 17.1 Å². The van der Waals surface area contributed by atoms with E-state index in [2.05, 4.69) is 27.3 Å². The second-order valence-electron chi connectivity index (χ2n) is 7.15. The van der Waals surface area contributed by atoms with E-state index in [0.717, 1.165) is 42.1 Å². The summed E-state index contributed by atoms with van der Waals surface area (Å²) in [5.74, 6) is 0.864. The summed E-state index contributed by atoms with van der Waals surface area (Å²) < 4.78 is 3.57. The normalized spacial score (nSPS) is 20.0. The van der Waals surface area contributed by atoms with Crippen LogP contribution in [0.2, 0.25) is 0 Å². The molecule has 1 unspecified atom stereocenters. The van der Waals surface area contributed by atoms with Gasteiger partial charge in [0, 0.05) is 43.9 Å². The third kappa shape index (κ3) is 2.96. The Hall–Kier alpha value is -3.10. The predicted molar refractivity (Wildman–Crippen MR) is 96.2 cm³/mol. The van der Waals surface area contributed by atoms with Crippen LogP contribution in [-0.2, 0) is 7.05 Å². The van der Waals surface area contributed by atoms with E-state index in [-0.39, 0.29) is 5.41 Å². The number of nitrogens with zero attached hydrogens (tertiary/aromatic N) is 6. The van der Waals surface area contributed by atoms with E-state index < -0.39 is 6.09 Å². The van der Waals surface area contributed by atoms with Crippen LogP contribution in [0, 0.1) is 5.41 Å². The summed E-state index contributed by atoms with van der Waals surface area (Å²) in [5, 5.41) is 20.0. The molecule has 0 saturated carbocycles. The van der Waals surface area contributed by atoms with E-state index in [1.165, 1.54) is 0 Å². The van der Waals surface area contributed by atoms with Crippen LogP contribution in [0.15, 0.2) is 30.9 Å². The van der Waals surface area contributed by atoms with Crippen molar-refractivity contribution in [3.8, 4) is 11.3 Å². The van der Waals surface area contributed by atoms with Gasteiger partial charge in [0.1, 0.15) is 5.52 Å². The zero-order valence-electron chi connectivity index (χ0n) is 14.8. The summed E-state index contributed by atoms with van der Waals surface area (Å²) in [6, 6.07) is 1.94. The van der Waals surface area contributed by atoms with Crippen molar-refractivity contribution >= 4 is 17.4 Å². The molecule has 3 aromatic heterocycles. The summed E-state index contributed by atoms with van der Waals surface area (Å²) in [7, 11) is 1.87. The molecule has 1 amide bonds. The molecular formula is C17H21N7O2. The highest BCUT2D eigenvalue weighted by molar-refractivity contribution is 5.73. The summed E-state index contributed by atoms with van der Waals surface area (Å²) >= 11 is 0. The average molecular weight is 355 g/mol. The maximum absolute atomic E-state index is 10.8. The van der Waals surface area contributed by atoms with Crippen molar-refractivity contribution in [3.05, 3.63) is 30.9 Å². The van der Waals surface area contributed by atoms with Gasteiger partial charge < -0.3 is 15.3 Å². The van der Waals surface area contributed by atoms with E-state index in [4.69, 9.17) is 10.1 Å². The number of hydrogen-bond donors (Lipinski definition) is 2. The third-order valence-electron chi connectivity index (χ3n) is 4.89. The van der Waals surface area contributed by atoms with Gasteiger partial charge in [-0.25, -0.2) is 14.3 Å². The first kappa shape index (κ1) is 16.4. The SMILES string of the molecule is Cn1cc(-c2cn3nccc3c(N3CCC(C)(CNC(=O)O)C3)n2)cn1. The number of amides is 1. The van der Waals surface area contributed by atoms with Gasteiger partial charge in [0.15, 0.2) is 5.82 Å². The Morgan fingerprint density at radius 2 is 2.23 bits per heavy atom. The van der Waals surface area contributed by atoms with Crippen molar-refractivity contribution in [1.82, 2.24) is 29.7 Å². The maximum Gasteiger partial charge on any atom is 0.404 e. The van der Waals surface area contributed by atoms with Gasteiger partial charge in [-0.15, -0.1) is 0 Å². The summed E-state index contributed by atoms with van der Waals surface area (Å²) in [6.07, 6.45) is 7.27. The lowest BCUT2D eigenvalue weighted by molar-refractivity contribution is 0.188. The van der Waals surface area contributed by atoms with Crippen molar-refractivity contribution < 1.29 is 9.90 Å². The van der Waals surface area contributed by atoms with E-state index in [1.807, 2.05) is 30.0 Å². The highest BCUT2D eigenvalue weighted by atomic mass is 16.4. The van der Waals surface area contributed by atoms with E-state index in [9.17, 15) is 4.79 Å². The molecule has 9 heteroatoms. The number of carbonyl (C=O) groups is 1. The Labute approximate surface area is 150 Å². The van der Waals surface area contributed by atoms with Crippen LogP contribution in [0.1, 0.15) is 13.3 Å². The maximum atomic E-state index is 10.8. The van der Waals surface area contributed by atoms with Crippen LogP contribution >= 0.6 is 0 Å². The Morgan fingerprint density at radius 3 is 2.96 bits per heavy atom. The number of rotatable bonds is 4. The molecule has 1 fully saturated rings. The van der Waals surface area contributed by atoms with Crippen LogP contribution < -0.4 is 10.2 Å². The first-order valence-electron chi connectivity index (χ1n) is 8.49. The predicted octanol–water partition coefficient (Wildman–Crippen LogP) is 1.61. The fourth-order valence-electron chi connectivity index (χ4n) is 3.47. The van der Waals surface area contributed by atoms with Crippen LogP contribution in [0.3, 0.4) is 0 Å². The molecule has 2 N–H and O–H groups in total. The van der Waals surface area contributed by atoms with Crippen molar-refractivity contribution in [2.24, 2.45) is 12.5 Å². The zero-order valence-corrected chi connectivity index (χ0v) is 14.8. The van der Waals surface area contributed by atoms with E-state index in [0.29, 0.717) is 6.54 Å². The molecular weight excluding hydrogens is 334 g/mol. The van der Waals surface area contributed by atoms with Crippen molar-refractivity contribution in [1.29, 1.82) is 0 Å². The molecule has 3 aromatic rings. The lowest BCUT2D eigenvalue weighted by Gasteiger charge is -2.25. The highest BCUT2D eigenvalue weighted by Gasteiger charge is 2.35. The number of fused-ring (bicyclic) bond motifs is 1. The number of aromatic nitrogens is 5. The van der Waals surface area contributed by atoms with Gasteiger partial charge in [0.05, 0.1) is 24.3 Å². The topological polar surface area (TPSA) is 101 Å². The summed E-state index contributed by atoms with van der Waals surface area (Å²) in [5.41, 5.74) is 2.55. The first-order chi connectivity index (χ1) is 12.4. The smallest absolute Gasteiger partial charge is 0.404 e. The van der Waals surface area contributed by atoms with Gasteiger partial charge in [0.25, 0.3) is 0 Å². The van der Waals surface area contributed by atoms with E-state index >= 15 is 0 Å². The Kier molecular flexibility index (Phi) is 3.78. The first-order valence-corrected chi connectivity index (χ1v) is 8.49. The lowest BCUT2D eigenvalue weighted by atomic mass is 9.90. The number of aryl methyl sites for hydroxylation is 1. The quantitative estimate of drug-likeness (QED) is 0.737. The van der Waals surface area contributed by atoms with Crippen LogP contribution in [0.4, 0.5) is 10.6 Å². The standard InChI is InChI=1S/C17H21N7O2/c1-17(10-18-16(25)26)4-6-23(11-17)15-14-3-5-19-24(14)9-13(21-15)12-7-20-22(2)8-12/h3,5,7-9,18H,4,6,10-11H2,1-2H3,(H,25,26). The number of carboxylic acid groups (broad SMARTS) is 1. The fourth-order valence-corrected chi connectivity index (χ4v) is 3.47. The molecule has 0 radical (unpaired) electrons. The molecule has 1 saturated heterocycles. The van der Waals surface area contributed by atoms with Crippen LogP contribution in [0.5, 0.6) is 0 Å². The minimum atomic E-state index is -0.987. The van der Waals surface area contributed by atoms with Crippen molar-refractivity contribution in [2.75, 3.05) is 24.5 Å². The van der Waals surface area contributed by atoms with Gasteiger partial charge in [0.2, 0.25) is 0 Å². The lowest BCUT2D eigenvalue weighted by Crippen LogP contribution is -2.37. The van der Waals surface area contributed by atoms with Crippen LogP contribution in [-0.4, -0.2) is 55.2 Å². The molecule has 0 spiro atoms. The molecule has 4 heterocycles. The second-order valence-corrected chi connectivity index (χ2v) is 7.15. The molecule has 26 heavy (non-hydrogen) atoms. The number of anilines is 1. The Morgan fingerprint density at radius 1 is 1.38 bits per heavy atom. The molecule has 1 aliphatic rings.